The predicted octanol–water partition coefficient (Wildman–Crippen LogP) is 3.57. The van der Waals surface area contributed by atoms with Gasteiger partial charge in [0, 0.05) is 30.6 Å². The Bertz CT molecular complexity index is 1090. The van der Waals surface area contributed by atoms with Crippen LogP contribution in [0.2, 0.25) is 0 Å². The first-order chi connectivity index (χ1) is 15.1. The zero-order valence-electron chi connectivity index (χ0n) is 17.9. The minimum absolute atomic E-state index is 0.174. The van der Waals surface area contributed by atoms with Gasteiger partial charge in [-0.3, -0.25) is 14.5 Å². The predicted molar refractivity (Wildman–Crippen MR) is 123 cm³/mol. The van der Waals surface area contributed by atoms with E-state index in [0.717, 1.165) is 38.9 Å². The minimum Gasteiger partial charge on any atom is -0.497 e. The first-order valence-corrected chi connectivity index (χ1v) is 10.9. The number of hydrogen-bond donors (Lipinski definition) is 2. The number of pyridine rings is 1. The summed E-state index contributed by atoms with van der Waals surface area (Å²) in [5.74, 6) is 1.01. The fraction of sp³-hybridized carbons (Fsp3) is 0.360. The van der Waals surface area contributed by atoms with Gasteiger partial charge in [-0.05, 0) is 56.0 Å². The molecule has 0 atom stereocenters. The number of carbonyl (C=O) groups is 1. The largest absolute Gasteiger partial charge is 0.497 e. The Morgan fingerprint density at radius 2 is 1.90 bits per heavy atom. The van der Waals surface area contributed by atoms with Gasteiger partial charge in [0.05, 0.1) is 12.6 Å². The molecule has 6 heteroatoms. The van der Waals surface area contributed by atoms with Crippen LogP contribution in [0.5, 0.6) is 5.75 Å². The third-order valence-corrected chi connectivity index (χ3v) is 6.08. The lowest BCUT2D eigenvalue weighted by molar-refractivity contribution is 0.0943. The number of nitrogens with zero attached hydrogens (tertiary/aromatic N) is 1. The van der Waals surface area contributed by atoms with Crippen molar-refractivity contribution in [3.63, 3.8) is 0 Å². The molecule has 1 aliphatic heterocycles. The monoisotopic (exact) mass is 419 g/mol. The van der Waals surface area contributed by atoms with Crippen LogP contribution in [0, 0.1) is 5.92 Å². The smallest absolute Gasteiger partial charge is 0.267 e. The number of aromatic nitrogens is 1. The molecule has 2 aromatic carbocycles. The number of hydrogen-bond acceptors (Lipinski definition) is 4. The molecule has 3 aromatic rings. The highest BCUT2D eigenvalue weighted by Gasteiger charge is 2.19. The van der Waals surface area contributed by atoms with Crippen molar-refractivity contribution in [3.05, 3.63) is 76.1 Å². The fourth-order valence-electron chi connectivity index (χ4n) is 4.24. The van der Waals surface area contributed by atoms with E-state index >= 15 is 0 Å². The molecule has 1 saturated heterocycles. The number of likely N-dealkylation sites (tertiary alicyclic amines) is 1. The second kappa shape index (κ2) is 9.79. The van der Waals surface area contributed by atoms with Crippen LogP contribution in [-0.4, -0.2) is 42.5 Å². The van der Waals surface area contributed by atoms with E-state index in [1.54, 1.807) is 25.3 Å². The molecule has 6 nitrogen and oxygen atoms in total. The van der Waals surface area contributed by atoms with E-state index in [0.29, 0.717) is 29.1 Å². The van der Waals surface area contributed by atoms with Gasteiger partial charge >= 0.3 is 0 Å². The van der Waals surface area contributed by atoms with Gasteiger partial charge in [-0.1, -0.05) is 30.3 Å². The van der Waals surface area contributed by atoms with Crippen molar-refractivity contribution in [2.75, 3.05) is 26.7 Å². The maximum absolute atomic E-state index is 12.6. The normalized spacial score (nSPS) is 15.1. The number of carbonyl (C=O) groups excluding carboxylic acids is 1. The molecule has 1 aliphatic rings. The van der Waals surface area contributed by atoms with Gasteiger partial charge in [0.2, 0.25) is 0 Å². The first-order valence-electron chi connectivity index (χ1n) is 10.9. The molecule has 4 rings (SSSR count). The van der Waals surface area contributed by atoms with Crippen LogP contribution in [0.25, 0.3) is 10.9 Å². The summed E-state index contributed by atoms with van der Waals surface area (Å²) in [5.41, 5.74) is 2.06. The van der Waals surface area contributed by atoms with Crippen molar-refractivity contribution in [2.24, 2.45) is 5.92 Å². The molecular formula is C25H29N3O3. The van der Waals surface area contributed by atoms with Crippen molar-refractivity contribution in [2.45, 2.75) is 25.8 Å². The number of nitrogens with one attached hydrogen (secondary N) is 2. The number of amides is 1. The highest BCUT2D eigenvalue weighted by Crippen LogP contribution is 2.21. The highest BCUT2D eigenvalue weighted by molar-refractivity contribution is 5.95. The van der Waals surface area contributed by atoms with Crippen LogP contribution in [0.1, 0.15) is 35.3 Å². The van der Waals surface area contributed by atoms with E-state index in [-0.39, 0.29) is 17.0 Å². The lowest BCUT2D eigenvalue weighted by Gasteiger charge is -2.32. The highest BCUT2D eigenvalue weighted by atomic mass is 16.5. The van der Waals surface area contributed by atoms with Gasteiger partial charge in [-0.2, -0.15) is 0 Å². The number of H-pyrrole nitrogens is 1. The van der Waals surface area contributed by atoms with Gasteiger partial charge in [0.1, 0.15) is 11.4 Å². The molecule has 162 valence electrons. The average Bonchev–Trinajstić information content (AvgIpc) is 2.80. The van der Waals surface area contributed by atoms with E-state index in [9.17, 15) is 9.59 Å². The second-order valence-electron chi connectivity index (χ2n) is 8.21. The maximum atomic E-state index is 12.6. The summed E-state index contributed by atoms with van der Waals surface area (Å²) in [5, 5.41) is 3.51. The molecule has 0 spiro atoms. The summed E-state index contributed by atoms with van der Waals surface area (Å²) in [6.45, 7) is 3.80. The van der Waals surface area contributed by atoms with E-state index in [1.807, 2.05) is 0 Å². The lowest BCUT2D eigenvalue weighted by atomic mass is 9.93. The number of fused-ring (bicyclic) bond motifs is 1. The molecule has 2 heterocycles. The molecule has 1 aromatic heterocycles. The Balaban J connectivity index is 1.26. The summed E-state index contributed by atoms with van der Waals surface area (Å²) in [6.07, 6.45) is 3.25. The number of benzene rings is 2. The molecule has 0 unspecified atom stereocenters. The summed E-state index contributed by atoms with van der Waals surface area (Å²) in [6, 6.07) is 17.1. The van der Waals surface area contributed by atoms with Crippen LogP contribution in [0.4, 0.5) is 0 Å². The molecule has 1 fully saturated rings. The molecule has 0 radical (unpaired) electrons. The number of aromatic amines is 1. The van der Waals surface area contributed by atoms with Crippen LogP contribution < -0.4 is 15.5 Å². The summed E-state index contributed by atoms with van der Waals surface area (Å²) in [7, 11) is 1.57. The zero-order chi connectivity index (χ0) is 21.6. The van der Waals surface area contributed by atoms with Gasteiger partial charge in [0.25, 0.3) is 5.91 Å². The van der Waals surface area contributed by atoms with Crippen LogP contribution in [0.3, 0.4) is 0 Å². The Morgan fingerprint density at radius 1 is 1.13 bits per heavy atom. The molecule has 1 amide bonds. The number of piperidine rings is 1. The minimum atomic E-state index is -0.247. The second-order valence-corrected chi connectivity index (χ2v) is 8.21. The summed E-state index contributed by atoms with van der Waals surface area (Å²) >= 11 is 0. The van der Waals surface area contributed by atoms with E-state index in [1.165, 1.54) is 11.6 Å². The molecular weight excluding hydrogens is 390 g/mol. The van der Waals surface area contributed by atoms with Crippen molar-refractivity contribution in [3.8, 4) is 5.75 Å². The third-order valence-electron chi connectivity index (χ3n) is 6.08. The average molecular weight is 420 g/mol. The number of methoxy groups -OCH3 is 1. The van der Waals surface area contributed by atoms with Gasteiger partial charge in [0.15, 0.2) is 5.43 Å². The van der Waals surface area contributed by atoms with Crippen molar-refractivity contribution >= 4 is 16.8 Å². The van der Waals surface area contributed by atoms with Crippen LogP contribution in [-0.2, 0) is 6.54 Å². The quantitative estimate of drug-likeness (QED) is 0.614. The van der Waals surface area contributed by atoms with Crippen molar-refractivity contribution in [1.82, 2.24) is 15.2 Å². The van der Waals surface area contributed by atoms with Gasteiger partial charge < -0.3 is 15.0 Å². The van der Waals surface area contributed by atoms with E-state index < -0.39 is 0 Å². The maximum Gasteiger partial charge on any atom is 0.267 e. The summed E-state index contributed by atoms with van der Waals surface area (Å²) in [4.78, 5) is 30.5. The Morgan fingerprint density at radius 3 is 2.65 bits per heavy atom. The van der Waals surface area contributed by atoms with Crippen LogP contribution >= 0.6 is 0 Å². The van der Waals surface area contributed by atoms with Crippen molar-refractivity contribution < 1.29 is 9.53 Å². The zero-order valence-corrected chi connectivity index (χ0v) is 17.9. The SMILES string of the molecule is COc1ccc2c(=O)cc(C(=O)NCCC3CCN(Cc4ccccc4)CC3)[nH]c2c1. The number of rotatable bonds is 7. The fourth-order valence-corrected chi connectivity index (χ4v) is 4.24. The Kier molecular flexibility index (Phi) is 6.67. The molecule has 0 saturated carbocycles. The first kappa shape index (κ1) is 21.1. The molecule has 0 bridgehead atoms. The Hall–Kier alpha value is -3.12. The standard InChI is InChI=1S/C25H29N3O3/c1-31-20-7-8-21-22(15-20)27-23(16-24(21)29)25(30)26-12-9-18-10-13-28(14-11-18)17-19-5-3-2-4-6-19/h2-8,15-16,18H,9-14,17H2,1H3,(H,26,30)(H,27,29). The number of ether oxygens (including phenoxy) is 1. The lowest BCUT2D eigenvalue weighted by Crippen LogP contribution is -2.35. The van der Waals surface area contributed by atoms with E-state index in [2.05, 4.69) is 45.5 Å². The van der Waals surface area contributed by atoms with E-state index in [4.69, 9.17) is 4.74 Å². The molecule has 0 aliphatic carbocycles. The van der Waals surface area contributed by atoms with Gasteiger partial charge in [-0.15, -0.1) is 0 Å². The van der Waals surface area contributed by atoms with Crippen LogP contribution in [0.15, 0.2) is 59.4 Å². The topological polar surface area (TPSA) is 74.4 Å². The Labute approximate surface area is 182 Å². The molecule has 2 N–H and O–H groups in total. The van der Waals surface area contributed by atoms with Crippen molar-refractivity contribution in [1.29, 1.82) is 0 Å². The third kappa shape index (κ3) is 5.33. The molecule has 31 heavy (non-hydrogen) atoms. The summed E-state index contributed by atoms with van der Waals surface area (Å²) < 4.78 is 5.21. The van der Waals surface area contributed by atoms with Gasteiger partial charge in [-0.25, -0.2) is 0 Å².